The maximum Gasteiger partial charge on any atom is 0.328 e. The molecule has 0 saturated carbocycles. The summed E-state index contributed by atoms with van der Waals surface area (Å²) in [6, 6.07) is 19.5. The van der Waals surface area contributed by atoms with Gasteiger partial charge < -0.3 is 15.1 Å². The van der Waals surface area contributed by atoms with Gasteiger partial charge in [-0.25, -0.2) is 9.59 Å². The summed E-state index contributed by atoms with van der Waals surface area (Å²) >= 11 is 1.98. The number of carbonyl (C=O) groups is 2. The number of aliphatic carboxylic acids is 2. The van der Waals surface area contributed by atoms with E-state index in [-0.39, 0.29) is 0 Å². The molecule has 0 radical (unpaired) electrons. The normalized spacial score (nSPS) is 11.7. The van der Waals surface area contributed by atoms with Crippen LogP contribution >= 0.6 is 11.8 Å². The Morgan fingerprint density at radius 1 is 0.964 bits per heavy atom. The Bertz CT molecular complexity index is 759. The van der Waals surface area contributed by atoms with Crippen LogP contribution in [-0.2, 0) is 9.59 Å². The second kappa shape index (κ2) is 12.8. The number of carboxylic acids is 2. The van der Waals surface area contributed by atoms with Gasteiger partial charge in [0.1, 0.15) is 0 Å². The summed E-state index contributed by atoms with van der Waals surface area (Å²) in [4.78, 5) is 22.8. The Morgan fingerprint density at radius 2 is 1.50 bits per heavy atom. The Kier molecular flexibility index (Phi) is 10.7. The fourth-order valence-electron chi connectivity index (χ4n) is 2.32. The molecule has 2 N–H and O–H groups in total. The minimum absolute atomic E-state index is 0.514. The van der Waals surface area contributed by atoms with Gasteiger partial charge >= 0.3 is 11.9 Å². The minimum Gasteiger partial charge on any atom is -0.478 e. The van der Waals surface area contributed by atoms with Gasteiger partial charge in [-0.1, -0.05) is 48.5 Å². The molecule has 0 aliphatic rings. The molecule has 0 amide bonds. The van der Waals surface area contributed by atoms with E-state index < -0.39 is 11.9 Å². The average molecular weight is 402 g/mol. The second-order valence-corrected chi connectivity index (χ2v) is 7.63. The van der Waals surface area contributed by atoms with Crippen LogP contribution in [0.1, 0.15) is 22.8 Å². The fraction of sp³-hybridized carbons (Fsp3) is 0.273. The molecule has 6 heteroatoms. The van der Waals surface area contributed by atoms with E-state index in [0.29, 0.717) is 17.4 Å². The Morgan fingerprint density at radius 3 is 2.00 bits per heavy atom. The van der Waals surface area contributed by atoms with Crippen molar-refractivity contribution in [1.29, 1.82) is 0 Å². The Balaban J connectivity index is 0.000000416. The first-order valence-electron chi connectivity index (χ1n) is 8.85. The van der Waals surface area contributed by atoms with Crippen LogP contribution in [0.5, 0.6) is 0 Å². The predicted molar refractivity (Wildman–Crippen MR) is 114 cm³/mol. The first kappa shape index (κ1) is 23.5. The van der Waals surface area contributed by atoms with E-state index in [1.54, 1.807) is 0 Å². The third-order valence-corrected chi connectivity index (χ3v) is 5.25. The number of nitrogens with zero attached hydrogens (tertiary/aromatic N) is 1. The topological polar surface area (TPSA) is 77.8 Å². The molecule has 1 unspecified atom stereocenters. The maximum atomic E-state index is 9.55. The van der Waals surface area contributed by atoms with Crippen molar-refractivity contribution >= 4 is 23.7 Å². The molecule has 0 aliphatic carbocycles. The van der Waals surface area contributed by atoms with Crippen molar-refractivity contribution in [2.45, 2.75) is 23.5 Å². The number of benzene rings is 2. The van der Waals surface area contributed by atoms with Crippen LogP contribution in [-0.4, -0.2) is 47.7 Å². The summed E-state index contributed by atoms with van der Waals surface area (Å²) in [5.41, 5.74) is 2.78. The van der Waals surface area contributed by atoms with Gasteiger partial charge in [-0.05, 0) is 51.2 Å². The van der Waals surface area contributed by atoms with Gasteiger partial charge in [0.15, 0.2) is 0 Å². The summed E-state index contributed by atoms with van der Waals surface area (Å²) < 4.78 is 0. The van der Waals surface area contributed by atoms with Crippen LogP contribution in [0.25, 0.3) is 0 Å². The SMILES string of the molecule is Cc1ccccc1SC(CCN(C)C)c1ccccc1.O=C(O)C=CC(=O)O. The summed E-state index contributed by atoms with van der Waals surface area (Å²) in [6.07, 6.45) is 2.28. The lowest BCUT2D eigenvalue weighted by molar-refractivity contribution is -0.134. The lowest BCUT2D eigenvalue weighted by Crippen LogP contribution is -2.15. The third kappa shape index (κ3) is 9.94. The van der Waals surface area contributed by atoms with Crippen molar-refractivity contribution in [3.05, 3.63) is 77.9 Å². The second-order valence-electron chi connectivity index (χ2n) is 6.38. The number of carboxylic acid groups (broad SMARTS) is 2. The highest BCUT2D eigenvalue weighted by atomic mass is 32.2. The number of hydrogen-bond acceptors (Lipinski definition) is 4. The highest BCUT2D eigenvalue weighted by Gasteiger charge is 2.14. The van der Waals surface area contributed by atoms with Crippen LogP contribution < -0.4 is 0 Å². The Hall–Kier alpha value is -2.57. The molecule has 0 bridgehead atoms. The zero-order chi connectivity index (χ0) is 20.9. The van der Waals surface area contributed by atoms with Crippen molar-refractivity contribution < 1.29 is 19.8 Å². The van der Waals surface area contributed by atoms with E-state index in [9.17, 15) is 9.59 Å². The van der Waals surface area contributed by atoms with E-state index in [1.807, 2.05) is 11.8 Å². The van der Waals surface area contributed by atoms with Crippen molar-refractivity contribution in [3.63, 3.8) is 0 Å². The third-order valence-electron chi connectivity index (χ3n) is 3.74. The average Bonchev–Trinajstić information content (AvgIpc) is 2.66. The van der Waals surface area contributed by atoms with E-state index in [4.69, 9.17) is 10.2 Å². The summed E-state index contributed by atoms with van der Waals surface area (Å²) in [5, 5.41) is 16.1. The molecule has 150 valence electrons. The first-order chi connectivity index (χ1) is 13.3. The number of rotatable bonds is 8. The van der Waals surface area contributed by atoms with Crippen molar-refractivity contribution in [1.82, 2.24) is 4.90 Å². The quantitative estimate of drug-likeness (QED) is 0.501. The van der Waals surface area contributed by atoms with Gasteiger partial charge in [-0.3, -0.25) is 0 Å². The number of thioether (sulfide) groups is 1. The van der Waals surface area contributed by atoms with Crippen LogP contribution in [0.15, 0.2) is 71.6 Å². The first-order valence-corrected chi connectivity index (χ1v) is 9.73. The molecule has 0 spiro atoms. The Labute approximate surface area is 170 Å². The molecular formula is C22H27NO4S. The van der Waals surface area contributed by atoms with Gasteiger partial charge in [0.05, 0.1) is 0 Å². The van der Waals surface area contributed by atoms with Crippen molar-refractivity contribution in [2.24, 2.45) is 0 Å². The fourth-order valence-corrected chi connectivity index (χ4v) is 3.56. The van der Waals surface area contributed by atoms with E-state index >= 15 is 0 Å². The van der Waals surface area contributed by atoms with Crippen LogP contribution in [0, 0.1) is 6.92 Å². The summed E-state index contributed by atoms with van der Waals surface area (Å²) in [7, 11) is 4.28. The molecule has 2 aromatic carbocycles. The smallest absolute Gasteiger partial charge is 0.328 e. The van der Waals surface area contributed by atoms with Gasteiger partial charge in [0, 0.05) is 22.3 Å². The van der Waals surface area contributed by atoms with Crippen LogP contribution in [0.2, 0.25) is 0 Å². The molecular weight excluding hydrogens is 374 g/mol. The predicted octanol–water partition coefficient (Wildman–Crippen LogP) is 4.49. The molecule has 5 nitrogen and oxygen atoms in total. The zero-order valence-electron chi connectivity index (χ0n) is 16.4. The number of aryl methyl sites for hydroxylation is 1. The molecule has 0 aliphatic heterocycles. The lowest BCUT2D eigenvalue weighted by atomic mass is 10.1. The zero-order valence-corrected chi connectivity index (χ0v) is 17.2. The molecule has 0 fully saturated rings. The monoisotopic (exact) mass is 401 g/mol. The van der Waals surface area contributed by atoms with Gasteiger partial charge in [0.2, 0.25) is 0 Å². The maximum absolute atomic E-state index is 9.55. The van der Waals surface area contributed by atoms with Crippen molar-refractivity contribution in [3.8, 4) is 0 Å². The molecule has 2 rings (SSSR count). The molecule has 28 heavy (non-hydrogen) atoms. The highest BCUT2D eigenvalue weighted by Crippen LogP contribution is 2.39. The van der Waals surface area contributed by atoms with E-state index in [0.717, 1.165) is 13.0 Å². The van der Waals surface area contributed by atoms with Crippen LogP contribution in [0.4, 0.5) is 0 Å². The molecule has 0 saturated heterocycles. The van der Waals surface area contributed by atoms with E-state index in [2.05, 4.69) is 80.5 Å². The van der Waals surface area contributed by atoms with Gasteiger partial charge in [-0.15, -0.1) is 11.8 Å². The summed E-state index contributed by atoms with van der Waals surface area (Å²) in [5.74, 6) is -2.51. The number of hydrogen-bond donors (Lipinski definition) is 2. The van der Waals surface area contributed by atoms with Crippen molar-refractivity contribution in [2.75, 3.05) is 20.6 Å². The molecule has 0 aromatic heterocycles. The lowest BCUT2D eigenvalue weighted by Gasteiger charge is -2.20. The molecule has 1 atom stereocenters. The van der Waals surface area contributed by atoms with Gasteiger partial charge in [0.25, 0.3) is 0 Å². The summed E-state index contributed by atoms with van der Waals surface area (Å²) in [6.45, 7) is 3.30. The standard InChI is InChI=1S/C18H23NS.C4H4O4/c1-15-9-7-8-12-17(15)20-18(13-14-19(2)3)16-10-5-4-6-11-16;5-3(6)1-2-4(7)8/h4-12,18H,13-14H2,1-3H3;1-2H,(H,5,6)(H,7,8). The van der Waals surface area contributed by atoms with Crippen LogP contribution in [0.3, 0.4) is 0 Å². The largest absolute Gasteiger partial charge is 0.478 e. The molecule has 0 heterocycles. The minimum atomic E-state index is -1.26. The molecule has 2 aromatic rings. The van der Waals surface area contributed by atoms with Gasteiger partial charge in [-0.2, -0.15) is 0 Å². The highest BCUT2D eigenvalue weighted by molar-refractivity contribution is 7.99. The van der Waals surface area contributed by atoms with E-state index in [1.165, 1.54) is 16.0 Å².